The molecule has 1 nitrogen and oxygen atoms in total. The second-order valence-electron chi connectivity index (χ2n) is 4.60. The van der Waals surface area contributed by atoms with Gasteiger partial charge < -0.3 is 5.11 Å². The van der Waals surface area contributed by atoms with E-state index in [1.165, 1.54) is 0 Å². The summed E-state index contributed by atoms with van der Waals surface area (Å²) in [5, 5.41) is 9.58. The molecule has 9 heteroatoms. The third kappa shape index (κ3) is 3.29. The van der Waals surface area contributed by atoms with Crippen molar-refractivity contribution >= 4 is 27.0 Å². The van der Waals surface area contributed by atoms with E-state index in [9.17, 15) is 31.4 Å². The fourth-order valence-corrected chi connectivity index (χ4v) is 2.43. The quantitative estimate of drug-likeness (QED) is 0.486. The first-order valence-electron chi connectivity index (χ1n) is 5.71. The molecule has 2 rings (SSSR count). The lowest BCUT2D eigenvalue weighted by molar-refractivity contribution is -0.147. The first-order chi connectivity index (χ1) is 8.78. The van der Waals surface area contributed by atoms with Gasteiger partial charge in [-0.15, -0.1) is 0 Å². The predicted octanol–water partition coefficient (Wildman–Crippen LogP) is 3.91. The first-order valence-corrected chi connectivity index (χ1v) is 5.71. The Balaban J connectivity index is 0.00000200. The molecular formula is C12H14F6OS2. The Kier molecular flexibility index (Phi) is 6.96. The minimum Gasteiger partial charge on any atom is -0.358 e. The van der Waals surface area contributed by atoms with Crippen LogP contribution in [-0.2, 0) is 5.85 Å². The summed E-state index contributed by atoms with van der Waals surface area (Å²) in [6, 6.07) is 0. The molecule has 1 aromatic rings. The molecule has 21 heavy (non-hydrogen) atoms. The van der Waals surface area contributed by atoms with Crippen LogP contribution >= 0.6 is 27.0 Å². The van der Waals surface area contributed by atoms with Crippen LogP contribution in [0.15, 0.2) is 0 Å². The lowest BCUT2D eigenvalue weighted by Crippen LogP contribution is -2.32. The van der Waals surface area contributed by atoms with Gasteiger partial charge in [0.05, 0.1) is 5.56 Å². The lowest BCUT2D eigenvalue weighted by Gasteiger charge is -2.27. The maximum absolute atomic E-state index is 14.2. The molecule has 1 saturated carbocycles. The van der Waals surface area contributed by atoms with E-state index in [1.54, 1.807) is 0 Å². The molecule has 0 amide bonds. The zero-order valence-corrected chi connectivity index (χ0v) is 12.6. The number of alkyl halides is 1. The Hall–Kier alpha value is -0.540. The van der Waals surface area contributed by atoms with Crippen LogP contribution in [-0.4, -0.2) is 5.11 Å². The van der Waals surface area contributed by atoms with Gasteiger partial charge in [0.25, 0.3) is 0 Å². The van der Waals surface area contributed by atoms with Gasteiger partial charge in [0.1, 0.15) is 0 Å². The van der Waals surface area contributed by atoms with Crippen LogP contribution in [0, 0.1) is 35.0 Å². The van der Waals surface area contributed by atoms with Crippen molar-refractivity contribution in [3.05, 3.63) is 34.6 Å². The third-order valence-electron chi connectivity index (χ3n) is 3.46. The van der Waals surface area contributed by atoms with Crippen LogP contribution in [0.1, 0.15) is 31.2 Å². The molecule has 0 bridgehead atoms. The molecule has 0 aliphatic heterocycles. The second-order valence-corrected chi connectivity index (χ2v) is 4.60. The Labute approximate surface area is 131 Å². The molecule has 0 radical (unpaired) electrons. The molecule has 1 fully saturated rings. The minimum absolute atomic E-state index is 0. The molecule has 122 valence electrons. The van der Waals surface area contributed by atoms with E-state index in [4.69, 9.17) is 0 Å². The van der Waals surface area contributed by atoms with Gasteiger partial charge in [-0.1, -0.05) is 12.8 Å². The van der Waals surface area contributed by atoms with Gasteiger partial charge in [-0.3, -0.25) is 0 Å². The van der Waals surface area contributed by atoms with Crippen molar-refractivity contribution in [2.75, 3.05) is 0 Å². The van der Waals surface area contributed by atoms with Gasteiger partial charge in [-0.25, -0.2) is 26.3 Å². The smallest absolute Gasteiger partial charge is 0.241 e. The highest BCUT2D eigenvalue weighted by molar-refractivity contribution is 7.59. The summed E-state index contributed by atoms with van der Waals surface area (Å²) in [6.07, 6.45) is 1.28. The molecule has 1 aliphatic carbocycles. The van der Waals surface area contributed by atoms with Crippen molar-refractivity contribution < 1.29 is 31.4 Å². The lowest BCUT2D eigenvalue weighted by atomic mass is 9.90. The van der Waals surface area contributed by atoms with Crippen LogP contribution in [0.5, 0.6) is 0 Å². The summed E-state index contributed by atoms with van der Waals surface area (Å²) in [6.45, 7) is 0. The maximum atomic E-state index is 14.2. The van der Waals surface area contributed by atoms with E-state index in [1.807, 2.05) is 0 Å². The van der Waals surface area contributed by atoms with Crippen molar-refractivity contribution in [3.8, 4) is 0 Å². The molecule has 0 saturated heterocycles. The largest absolute Gasteiger partial charge is 0.358 e. The zero-order chi connectivity index (χ0) is 14.4. The highest BCUT2D eigenvalue weighted by atomic mass is 32.1. The number of aliphatic hydroxyl groups is 1. The molecule has 1 N–H and O–H groups in total. The summed E-state index contributed by atoms with van der Waals surface area (Å²) in [5.74, 6) is -16.3. The Bertz CT molecular complexity index is 488. The summed E-state index contributed by atoms with van der Waals surface area (Å²) in [4.78, 5) is 0. The van der Waals surface area contributed by atoms with E-state index < -0.39 is 46.4 Å². The van der Waals surface area contributed by atoms with Crippen molar-refractivity contribution in [2.24, 2.45) is 5.92 Å². The molecule has 0 unspecified atom stereocenters. The number of hydrogen-bond donors (Lipinski definition) is 1. The monoisotopic (exact) mass is 352 g/mol. The minimum atomic E-state index is -3.57. The van der Waals surface area contributed by atoms with Gasteiger partial charge in [0, 0.05) is 5.92 Å². The Morgan fingerprint density at radius 1 is 0.762 bits per heavy atom. The SMILES string of the molecule is O[C@](F)(c1c(F)c(F)c(F)c(F)c1F)C1CCCC1.S.S. The second kappa shape index (κ2) is 7.15. The number of benzene rings is 1. The highest BCUT2D eigenvalue weighted by Gasteiger charge is 2.46. The number of halogens is 6. The van der Waals surface area contributed by atoms with Crippen molar-refractivity contribution in [3.63, 3.8) is 0 Å². The Morgan fingerprint density at radius 2 is 1.10 bits per heavy atom. The van der Waals surface area contributed by atoms with E-state index in [-0.39, 0.29) is 39.8 Å². The molecule has 0 heterocycles. The summed E-state index contributed by atoms with van der Waals surface area (Å²) in [7, 11) is 0. The molecule has 0 aromatic heterocycles. The molecular weight excluding hydrogens is 338 g/mol. The molecule has 1 aliphatic rings. The van der Waals surface area contributed by atoms with Crippen molar-refractivity contribution in [2.45, 2.75) is 31.5 Å². The standard InChI is InChI=1S/C12H10F6O.2H2S/c13-7-6(8(14)10(16)11(17)9(7)15)12(18,19)5-3-1-2-4-5;;/h5,19H,1-4H2;2*1H2/t12-;;/m0../s1. The van der Waals surface area contributed by atoms with Crippen LogP contribution in [0.2, 0.25) is 0 Å². The Morgan fingerprint density at radius 3 is 1.48 bits per heavy atom. The fraction of sp³-hybridized carbons (Fsp3) is 0.500. The van der Waals surface area contributed by atoms with Gasteiger partial charge >= 0.3 is 0 Å². The molecule has 0 spiro atoms. The van der Waals surface area contributed by atoms with Crippen LogP contribution < -0.4 is 0 Å². The summed E-state index contributed by atoms with van der Waals surface area (Å²) < 4.78 is 79.8. The van der Waals surface area contributed by atoms with Crippen LogP contribution in [0.25, 0.3) is 0 Å². The van der Waals surface area contributed by atoms with E-state index in [0.717, 1.165) is 0 Å². The van der Waals surface area contributed by atoms with Crippen molar-refractivity contribution in [1.29, 1.82) is 0 Å². The van der Waals surface area contributed by atoms with Crippen molar-refractivity contribution in [1.82, 2.24) is 0 Å². The summed E-state index contributed by atoms with van der Waals surface area (Å²) >= 11 is 0. The average molecular weight is 352 g/mol. The zero-order valence-electron chi connectivity index (χ0n) is 10.6. The number of rotatable bonds is 2. The van der Waals surface area contributed by atoms with Gasteiger partial charge in [-0.05, 0) is 12.8 Å². The van der Waals surface area contributed by atoms with E-state index >= 15 is 0 Å². The molecule has 1 aromatic carbocycles. The third-order valence-corrected chi connectivity index (χ3v) is 3.46. The highest BCUT2D eigenvalue weighted by Crippen LogP contribution is 2.44. The average Bonchev–Trinajstić information content (AvgIpc) is 2.88. The topological polar surface area (TPSA) is 20.2 Å². The summed E-state index contributed by atoms with van der Waals surface area (Å²) in [5.41, 5.74) is -1.80. The maximum Gasteiger partial charge on any atom is 0.241 e. The van der Waals surface area contributed by atoms with Gasteiger partial charge in [0.2, 0.25) is 11.7 Å². The number of hydrogen-bond acceptors (Lipinski definition) is 1. The first kappa shape index (κ1) is 20.5. The predicted molar refractivity (Wildman–Crippen MR) is 74.0 cm³/mol. The van der Waals surface area contributed by atoms with Gasteiger partial charge in [0.15, 0.2) is 23.3 Å². The normalized spacial score (nSPS) is 17.9. The van der Waals surface area contributed by atoms with Crippen LogP contribution in [0.3, 0.4) is 0 Å². The fourth-order valence-electron chi connectivity index (χ4n) is 2.43. The van der Waals surface area contributed by atoms with E-state index in [2.05, 4.69) is 0 Å². The van der Waals surface area contributed by atoms with Gasteiger partial charge in [-0.2, -0.15) is 27.0 Å². The molecule has 1 atom stereocenters. The van der Waals surface area contributed by atoms with Crippen LogP contribution in [0.4, 0.5) is 26.3 Å². The van der Waals surface area contributed by atoms with E-state index in [0.29, 0.717) is 12.8 Å².